The van der Waals surface area contributed by atoms with E-state index < -0.39 is 55.3 Å². The molecule has 1 saturated heterocycles. The number of aromatic nitrogens is 2. The van der Waals surface area contributed by atoms with Crippen molar-refractivity contribution in [3.05, 3.63) is 22.7 Å². The minimum atomic E-state index is -1.43. The summed E-state index contributed by atoms with van der Waals surface area (Å²) in [7, 11) is 0. The van der Waals surface area contributed by atoms with Crippen molar-refractivity contribution in [2.45, 2.75) is 31.5 Å². The van der Waals surface area contributed by atoms with Gasteiger partial charge in [0.05, 0.1) is 13.2 Å². The third-order valence-corrected chi connectivity index (χ3v) is 3.65. The van der Waals surface area contributed by atoms with Crippen molar-refractivity contribution >= 4 is 17.7 Å². The molecule has 0 aromatic carbocycles. The maximum atomic E-state index is 12.1. The van der Waals surface area contributed by atoms with Gasteiger partial charge in [0.25, 0.3) is 5.91 Å². The summed E-state index contributed by atoms with van der Waals surface area (Å²) in [4.78, 5) is 38.5. The molecule has 2 rings (SSSR count). The van der Waals surface area contributed by atoms with Gasteiger partial charge in [0.2, 0.25) is 0 Å². The Balaban J connectivity index is 1.94. The predicted molar refractivity (Wildman–Crippen MR) is 87.6 cm³/mol. The fraction of sp³-hybridized carbons (Fsp3) is 0.600. The first-order valence-corrected chi connectivity index (χ1v) is 8.12. The zero-order valence-electron chi connectivity index (χ0n) is 14.5. The summed E-state index contributed by atoms with van der Waals surface area (Å²) in [5, 5.41) is 31.1. The van der Waals surface area contributed by atoms with E-state index in [2.05, 4.69) is 15.0 Å². The predicted octanol–water partition coefficient (Wildman–Crippen LogP) is -2.63. The fourth-order valence-corrected chi connectivity index (χ4v) is 2.39. The van der Waals surface area contributed by atoms with Gasteiger partial charge in [-0.15, -0.1) is 0 Å². The molecule has 4 N–H and O–H groups in total. The van der Waals surface area contributed by atoms with Crippen molar-refractivity contribution < 1.29 is 39.1 Å². The van der Waals surface area contributed by atoms with Crippen LogP contribution in [0.5, 0.6) is 0 Å². The van der Waals surface area contributed by atoms with Crippen LogP contribution in [0.3, 0.4) is 0 Å². The largest absolute Gasteiger partial charge is 0.464 e. The van der Waals surface area contributed by atoms with Gasteiger partial charge in [0.15, 0.2) is 6.23 Å². The average molecular weight is 387 g/mol. The molecule has 4 atom stereocenters. The molecule has 1 fully saturated rings. The minimum Gasteiger partial charge on any atom is -0.464 e. The zero-order valence-corrected chi connectivity index (χ0v) is 14.5. The summed E-state index contributed by atoms with van der Waals surface area (Å²) >= 11 is 0. The topological polar surface area (TPSA) is 169 Å². The first kappa shape index (κ1) is 20.9. The second-order valence-corrected chi connectivity index (χ2v) is 5.58. The van der Waals surface area contributed by atoms with E-state index in [0.717, 1.165) is 4.57 Å². The second-order valence-electron chi connectivity index (χ2n) is 5.58. The van der Waals surface area contributed by atoms with E-state index in [1.165, 1.54) is 12.3 Å². The molecule has 0 radical (unpaired) electrons. The fourth-order valence-electron chi connectivity index (χ4n) is 2.39. The van der Waals surface area contributed by atoms with Crippen molar-refractivity contribution in [2.75, 3.05) is 31.7 Å². The zero-order chi connectivity index (χ0) is 20.0. The van der Waals surface area contributed by atoms with Gasteiger partial charge in [-0.3, -0.25) is 9.36 Å². The van der Waals surface area contributed by atoms with Crippen molar-refractivity contribution in [1.29, 1.82) is 0 Å². The first-order valence-electron chi connectivity index (χ1n) is 8.12. The third kappa shape index (κ3) is 5.30. The highest BCUT2D eigenvalue weighted by Gasteiger charge is 2.43. The van der Waals surface area contributed by atoms with Crippen LogP contribution in [0.25, 0.3) is 0 Å². The monoisotopic (exact) mass is 387 g/mol. The van der Waals surface area contributed by atoms with Gasteiger partial charge in [-0.1, -0.05) is 0 Å². The summed E-state index contributed by atoms with van der Waals surface area (Å²) in [6.45, 7) is 0.472. The Morgan fingerprint density at radius 1 is 1.33 bits per heavy atom. The molecule has 0 unspecified atom stereocenters. The van der Waals surface area contributed by atoms with Crippen LogP contribution < -0.4 is 11.0 Å². The molecular weight excluding hydrogens is 366 g/mol. The van der Waals surface area contributed by atoms with E-state index >= 15 is 0 Å². The molecule has 0 aliphatic carbocycles. The number of nitrogens with zero attached hydrogens (tertiary/aromatic N) is 2. The quantitative estimate of drug-likeness (QED) is 0.346. The molecule has 150 valence electrons. The lowest BCUT2D eigenvalue weighted by atomic mass is 10.1. The van der Waals surface area contributed by atoms with Crippen molar-refractivity contribution in [2.24, 2.45) is 0 Å². The van der Waals surface area contributed by atoms with Gasteiger partial charge in [-0.05, 0) is 13.0 Å². The third-order valence-electron chi connectivity index (χ3n) is 3.65. The van der Waals surface area contributed by atoms with E-state index in [-0.39, 0.29) is 19.0 Å². The Bertz CT molecular complexity index is 723. The number of carbonyl (C=O) groups excluding carboxylic acids is 2. The molecular formula is C15H21N3O9. The summed E-state index contributed by atoms with van der Waals surface area (Å²) in [5.41, 5.74) is -0.852. The average Bonchev–Trinajstić information content (AvgIpc) is 2.90. The number of nitrogens with one attached hydrogen (secondary N) is 1. The minimum absolute atomic E-state index is 0.0762. The number of carbonyl (C=O) groups is 2. The molecule has 27 heavy (non-hydrogen) atoms. The van der Waals surface area contributed by atoms with E-state index in [1.54, 1.807) is 6.92 Å². The molecule has 1 aliphatic heterocycles. The lowest BCUT2D eigenvalue weighted by Gasteiger charge is -2.17. The molecule has 0 spiro atoms. The Kier molecular flexibility index (Phi) is 7.38. The number of esters is 1. The number of hydrogen-bond donors (Lipinski definition) is 4. The second kappa shape index (κ2) is 9.53. The Labute approximate surface area is 153 Å². The molecule has 1 aromatic heterocycles. The Hall–Kier alpha value is -2.38. The van der Waals surface area contributed by atoms with Crippen LogP contribution in [0, 0.1) is 0 Å². The first-order chi connectivity index (χ1) is 12.9. The highest BCUT2D eigenvalue weighted by Crippen LogP contribution is 2.28. The van der Waals surface area contributed by atoms with E-state index in [4.69, 9.17) is 14.6 Å². The molecule has 1 aliphatic rings. The normalized spacial score (nSPS) is 24.6. The Morgan fingerprint density at radius 2 is 2.07 bits per heavy atom. The van der Waals surface area contributed by atoms with Crippen molar-refractivity contribution in [3.8, 4) is 0 Å². The van der Waals surface area contributed by atoms with Crippen LogP contribution in [-0.2, 0) is 23.8 Å². The summed E-state index contributed by atoms with van der Waals surface area (Å²) in [6, 6.07) is 1.28. The molecule has 1 aromatic rings. The van der Waals surface area contributed by atoms with Gasteiger partial charge in [-0.2, -0.15) is 4.98 Å². The Morgan fingerprint density at radius 3 is 2.67 bits per heavy atom. The van der Waals surface area contributed by atoms with Gasteiger partial charge in [0.1, 0.15) is 37.3 Å². The molecule has 2 heterocycles. The highest BCUT2D eigenvalue weighted by molar-refractivity contribution is 5.90. The number of hydrogen-bond acceptors (Lipinski definition) is 10. The lowest BCUT2D eigenvalue weighted by molar-refractivity contribution is -0.149. The van der Waals surface area contributed by atoms with Crippen LogP contribution in [0.15, 0.2) is 17.1 Å². The maximum Gasteiger partial charge on any atom is 0.351 e. The van der Waals surface area contributed by atoms with Gasteiger partial charge >= 0.3 is 11.7 Å². The number of aliphatic hydroxyl groups excluding tert-OH is 3. The van der Waals surface area contributed by atoms with Crippen molar-refractivity contribution in [3.63, 3.8) is 0 Å². The molecule has 0 saturated carbocycles. The summed E-state index contributed by atoms with van der Waals surface area (Å²) in [5.74, 6) is -1.32. The van der Waals surface area contributed by atoms with Crippen molar-refractivity contribution in [1.82, 2.24) is 9.55 Å². The summed E-state index contributed by atoms with van der Waals surface area (Å²) < 4.78 is 15.7. The highest BCUT2D eigenvalue weighted by atomic mass is 16.6. The molecule has 12 nitrogen and oxygen atoms in total. The van der Waals surface area contributed by atoms with E-state index in [9.17, 15) is 24.6 Å². The SMILES string of the molecule is CCOC(=O)COCC(=O)Nc1ccn([C@@H]2O[C@H](CO)[C@@H](O)[C@@H]2O)c(=O)n1. The standard InChI is InChI=1S/C15H21N3O9/c1-2-26-11(21)7-25-6-10(20)16-9-3-4-18(15(24)17-9)14-13(23)12(22)8(5-19)27-14/h3-4,8,12-14,19,22-23H,2,5-7H2,1H3,(H,16,17,20,24)/t8-,12-,13+,14-/m1/s1. The lowest BCUT2D eigenvalue weighted by Crippen LogP contribution is -2.36. The van der Waals surface area contributed by atoms with Crippen LogP contribution in [0.4, 0.5) is 5.82 Å². The molecule has 12 heteroatoms. The molecule has 0 bridgehead atoms. The summed E-state index contributed by atoms with van der Waals surface area (Å²) in [6.07, 6.45) is -3.84. The van der Waals surface area contributed by atoms with E-state index in [1.807, 2.05) is 0 Å². The van der Waals surface area contributed by atoms with Crippen LogP contribution in [-0.4, -0.2) is 81.5 Å². The van der Waals surface area contributed by atoms with E-state index in [0.29, 0.717) is 0 Å². The van der Waals surface area contributed by atoms with Gasteiger partial charge < -0.3 is 34.8 Å². The van der Waals surface area contributed by atoms with Gasteiger partial charge in [0, 0.05) is 6.20 Å². The van der Waals surface area contributed by atoms with Crippen LogP contribution in [0.1, 0.15) is 13.2 Å². The van der Waals surface area contributed by atoms with Gasteiger partial charge in [-0.25, -0.2) is 9.59 Å². The van der Waals surface area contributed by atoms with Crippen LogP contribution in [0.2, 0.25) is 0 Å². The number of amides is 1. The molecule has 1 amide bonds. The number of rotatable bonds is 8. The maximum absolute atomic E-state index is 12.1. The van der Waals surface area contributed by atoms with Crippen LogP contribution >= 0.6 is 0 Å². The number of aliphatic hydroxyl groups is 3. The smallest absolute Gasteiger partial charge is 0.351 e. The number of ether oxygens (including phenoxy) is 3. The number of anilines is 1.